The monoisotopic (exact) mass is 243 g/mol. The van der Waals surface area contributed by atoms with Crippen LogP contribution in [0.4, 0.5) is 4.39 Å². The first-order chi connectivity index (χ1) is 8.66. The average Bonchev–Trinajstić information content (AvgIpc) is 2.37. The summed E-state index contributed by atoms with van der Waals surface area (Å²) in [5, 5.41) is 9.17. The zero-order chi connectivity index (χ0) is 13.0. The molecular formula is C14H10FNO2. The van der Waals surface area contributed by atoms with E-state index < -0.39 is 11.8 Å². The Labute approximate surface area is 103 Å². The van der Waals surface area contributed by atoms with Crippen molar-refractivity contribution in [1.82, 2.24) is 4.98 Å². The Morgan fingerprint density at radius 2 is 1.94 bits per heavy atom. The normalized spacial score (nSPS) is 11.3. The Balaban J connectivity index is 2.47. The largest absolute Gasteiger partial charge is 0.478 e. The van der Waals surface area contributed by atoms with Gasteiger partial charge in [0.05, 0.1) is 5.57 Å². The van der Waals surface area contributed by atoms with Crippen LogP contribution in [0.15, 0.2) is 48.8 Å². The lowest BCUT2D eigenvalue weighted by Gasteiger charge is -2.03. The molecule has 0 atom stereocenters. The van der Waals surface area contributed by atoms with Gasteiger partial charge in [0, 0.05) is 12.4 Å². The smallest absolute Gasteiger partial charge is 0.336 e. The summed E-state index contributed by atoms with van der Waals surface area (Å²) >= 11 is 0. The number of nitrogens with zero attached hydrogens (tertiary/aromatic N) is 1. The Morgan fingerprint density at radius 1 is 1.22 bits per heavy atom. The first kappa shape index (κ1) is 12.0. The van der Waals surface area contributed by atoms with Crippen molar-refractivity contribution in [2.24, 2.45) is 0 Å². The standard InChI is InChI=1S/C14H10FNO2/c15-12-3-1-2-11(9-12)13(14(17)18)8-10-4-6-16-7-5-10/h1-9H,(H,17,18)/b13-8+. The van der Waals surface area contributed by atoms with E-state index in [1.807, 2.05) is 0 Å². The minimum atomic E-state index is -1.10. The molecule has 0 amide bonds. The molecule has 18 heavy (non-hydrogen) atoms. The van der Waals surface area contributed by atoms with Gasteiger partial charge in [-0.15, -0.1) is 0 Å². The summed E-state index contributed by atoms with van der Waals surface area (Å²) in [6, 6.07) is 8.87. The van der Waals surface area contributed by atoms with Gasteiger partial charge in [0.2, 0.25) is 0 Å². The predicted octanol–water partition coefficient (Wildman–Crippen LogP) is 2.85. The zero-order valence-electron chi connectivity index (χ0n) is 9.38. The molecule has 90 valence electrons. The first-order valence-corrected chi connectivity index (χ1v) is 5.28. The van der Waals surface area contributed by atoms with Crippen LogP contribution in [0.2, 0.25) is 0 Å². The lowest BCUT2D eigenvalue weighted by atomic mass is 10.0. The zero-order valence-corrected chi connectivity index (χ0v) is 9.38. The molecule has 0 saturated heterocycles. The molecule has 0 aliphatic carbocycles. The summed E-state index contributed by atoms with van der Waals surface area (Å²) in [6.45, 7) is 0. The number of carbonyl (C=O) groups is 1. The van der Waals surface area contributed by atoms with Gasteiger partial charge in [-0.25, -0.2) is 9.18 Å². The lowest BCUT2D eigenvalue weighted by molar-refractivity contribution is -0.130. The second kappa shape index (κ2) is 5.23. The maximum atomic E-state index is 13.1. The molecule has 0 fully saturated rings. The van der Waals surface area contributed by atoms with Crippen LogP contribution in [0.1, 0.15) is 11.1 Å². The molecule has 4 heteroatoms. The SMILES string of the molecule is O=C(O)/C(=C/c1ccncc1)c1cccc(F)c1. The van der Waals surface area contributed by atoms with E-state index in [4.69, 9.17) is 0 Å². The fraction of sp³-hybridized carbons (Fsp3) is 0. The van der Waals surface area contributed by atoms with Crippen molar-refractivity contribution in [1.29, 1.82) is 0 Å². The molecule has 0 spiro atoms. The summed E-state index contributed by atoms with van der Waals surface area (Å²) in [5.41, 5.74) is 1.08. The molecule has 1 heterocycles. The quantitative estimate of drug-likeness (QED) is 0.843. The average molecular weight is 243 g/mol. The molecule has 0 bridgehead atoms. The van der Waals surface area contributed by atoms with Gasteiger partial charge in [-0.3, -0.25) is 4.98 Å². The second-order valence-electron chi connectivity index (χ2n) is 3.65. The fourth-order valence-electron chi connectivity index (χ4n) is 1.55. The molecule has 2 rings (SSSR count). The van der Waals surface area contributed by atoms with E-state index in [9.17, 15) is 14.3 Å². The van der Waals surface area contributed by atoms with Crippen molar-refractivity contribution in [2.45, 2.75) is 0 Å². The third-order valence-corrected chi connectivity index (χ3v) is 2.38. The maximum Gasteiger partial charge on any atom is 0.336 e. The van der Waals surface area contributed by atoms with Crippen LogP contribution in [0, 0.1) is 5.82 Å². The molecule has 1 N–H and O–H groups in total. The highest BCUT2D eigenvalue weighted by Crippen LogP contribution is 2.19. The highest BCUT2D eigenvalue weighted by molar-refractivity contribution is 6.20. The first-order valence-electron chi connectivity index (χ1n) is 5.28. The predicted molar refractivity (Wildman–Crippen MR) is 66.1 cm³/mol. The summed E-state index contributed by atoms with van der Waals surface area (Å²) in [5.74, 6) is -1.56. The van der Waals surface area contributed by atoms with Crippen molar-refractivity contribution in [3.8, 4) is 0 Å². The second-order valence-corrected chi connectivity index (χ2v) is 3.65. The number of hydrogen-bond donors (Lipinski definition) is 1. The van der Waals surface area contributed by atoms with Gasteiger partial charge >= 0.3 is 5.97 Å². The Hall–Kier alpha value is -2.49. The number of rotatable bonds is 3. The molecule has 0 radical (unpaired) electrons. The van der Waals surface area contributed by atoms with Crippen LogP contribution >= 0.6 is 0 Å². The minimum absolute atomic E-state index is 0.0423. The van der Waals surface area contributed by atoms with Gasteiger partial charge in [0.1, 0.15) is 5.82 Å². The van der Waals surface area contributed by atoms with Crippen LogP contribution in [0.3, 0.4) is 0 Å². The van der Waals surface area contributed by atoms with Crippen molar-refractivity contribution >= 4 is 17.6 Å². The number of aromatic nitrogens is 1. The van der Waals surface area contributed by atoms with E-state index in [0.717, 1.165) is 0 Å². The number of aliphatic carboxylic acids is 1. The summed E-state index contributed by atoms with van der Waals surface area (Å²) in [6.07, 6.45) is 4.62. The number of carboxylic acid groups (broad SMARTS) is 1. The molecule has 1 aromatic heterocycles. The van der Waals surface area contributed by atoms with E-state index in [-0.39, 0.29) is 5.57 Å². The third-order valence-electron chi connectivity index (χ3n) is 2.38. The molecule has 0 saturated carbocycles. The number of carboxylic acids is 1. The highest BCUT2D eigenvalue weighted by Gasteiger charge is 2.10. The van der Waals surface area contributed by atoms with Crippen molar-refractivity contribution < 1.29 is 14.3 Å². The van der Waals surface area contributed by atoms with Crippen molar-refractivity contribution in [3.63, 3.8) is 0 Å². The molecule has 0 aliphatic rings. The lowest BCUT2D eigenvalue weighted by Crippen LogP contribution is -2.00. The Morgan fingerprint density at radius 3 is 2.56 bits per heavy atom. The molecule has 1 aromatic carbocycles. The molecule has 0 unspecified atom stereocenters. The van der Waals surface area contributed by atoms with Gasteiger partial charge in [0.15, 0.2) is 0 Å². The van der Waals surface area contributed by atoms with E-state index >= 15 is 0 Å². The maximum absolute atomic E-state index is 13.1. The molecule has 0 aliphatic heterocycles. The van der Waals surface area contributed by atoms with Crippen LogP contribution in [-0.4, -0.2) is 16.1 Å². The number of benzene rings is 1. The number of hydrogen-bond acceptors (Lipinski definition) is 2. The molecular weight excluding hydrogens is 233 g/mol. The van der Waals surface area contributed by atoms with Crippen LogP contribution in [0.25, 0.3) is 11.6 Å². The number of pyridine rings is 1. The fourth-order valence-corrected chi connectivity index (χ4v) is 1.55. The Bertz CT molecular complexity index is 594. The van der Waals surface area contributed by atoms with Gasteiger partial charge in [0.25, 0.3) is 0 Å². The van der Waals surface area contributed by atoms with E-state index in [0.29, 0.717) is 11.1 Å². The van der Waals surface area contributed by atoms with Crippen molar-refractivity contribution in [3.05, 3.63) is 65.7 Å². The van der Waals surface area contributed by atoms with E-state index in [1.165, 1.54) is 24.3 Å². The van der Waals surface area contributed by atoms with Gasteiger partial charge in [-0.2, -0.15) is 0 Å². The van der Waals surface area contributed by atoms with E-state index in [2.05, 4.69) is 4.98 Å². The Kier molecular flexibility index (Phi) is 3.48. The van der Waals surface area contributed by atoms with Crippen LogP contribution in [0.5, 0.6) is 0 Å². The van der Waals surface area contributed by atoms with Gasteiger partial charge < -0.3 is 5.11 Å². The van der Waals surface area contributed by atoms with Crippen LogP contribution in [-0.2, 0) is 4.79 Å². The minimum Gasteiger partial charge on any atom is -0.478 e. The van der Waals surface area contributed by atoms with Gasteiger partial charge in [-0.1, -0.05) is 12.1 Å². The summed E-state index contributed by atoms with van der Waals surface area (Å²) in [4.78, 5) is 15.1. The molecule has 3 nitrogen and oxygen atoms in total. The highest BCUT2D eigenvalue weighted by atomic mass is 19.1. The van der Waals surface area contributed by atoms with Gasteiger partial charge in [-0.05, 0) is 41.5 Å². The number of halogens is 1. The topological polar surface area (TPSA) is 50.2 Å². The summed E-state index contributed by atoms with van der Waals surface area (Å²) in [7, 11) is 0. The summed E-state index contributed by atoms with van der Waals surface area (Å²) < 4.78 is 13.1. The van der Waals surface area contributed by atoms with E-state index in [1.54, 1.807) is 30.6 Å². The molecule has 2 aromatic rings. The van der Waals surface area contributed by atoms with Crippen molar-refractivity contribution in [2.75, 3.05) is 0 Å². The van der Waals surface area contributed by atoms with Crippen LogP contribution < -0.4 is 0 Å². The third kappa shape index (κ3) is 2.79.